The number of rotatable bonds is 8. The van der Waals surface area contributed by atoms with E-state index in [1.807, 2.05) is 26.0 Å². The lowest BCUT2D eigenvalue weighted by Crippen LogP contribution is -2.34. The first-order valence-electron chi connectivity index (χ1n) is 6.57. The molecule has 0 aliphatic carbocycles. The first-order valence-corrected chi connectivity index (χ1v) is 8.81. The van der Waals surface area contributed by atoms with Crippen molar-refractivity contribution < 1.29 is 8.42 Å². The molecule has 0 aliphatic rings. The molecule has 1 aromatic rings. The Morgan fingerprint density at radius 2 is 2.05 bits per heavy atom. The van der Waals surface area contributed by atoms with Crippen LogP contribution in [0.3, 0.4) is 0 Å². The largest absolute Gasteiger partial charge is 0.317 e. The second-order valence-corrected chi connectivity index (χ2v) is 7.25. The molecule has 20 heavy (non-hydrogen) atoms. The topological polar surface area (TPSA) is 61.4 Å². The standard InChI is InChI=1S/C13H22BrN3O2S/c1-4-15-8-5-9-17(3)20(18,19)16-13-7-6-11(2)10-12(13)14/h6-7,10,15-16H,4-5,8-9H2,1-3H3. The second-order valence-electron chi connectivity index (χ2n) is 4.62. The summed E-state index contributed by atoms with van der Waals surface area (Å²) in [5, 5.41) is 3.17. The van der Waals surface area contributed by atoms with Gasteiger partial charge < -0.3 is 5.32 Å². The predicted octanol–water partition coefficient (Wildman–Crippen LogP) is 2.35. The fraction of sp³-hybridized carbons (Fsp3) is 0.538. The van der Waals surface area contributed by atoms with Crippen LogP contribution in [-0.4, -0.2) is 39.4 Å². The molecule has 0 radical (unpaired) electrons. The summed E-state index contributed by atoms with van der Waals surface area (Å²) in [5.74, 6) is 0. The zero-order valence-corrected chi connectivity index (χ0v) is 14.5. The summed E-state index contributed by atoms with van der Waals surface area (Å²) < 4.78 is 29.0. The lowest BCUT2D eigenvalue weighted by atomic mass is 10.2. The zero-order valence-electron chi connectivity index (χ0n) is 12.1. The van der Waals surface area contributed by atoms with Crippen molar-refractivity contribution in [2.75, 3.05) is 31.4 Å². The third kappa shape index (κ3) is 5.40. The number of nitrogens with one attached hydrogen (secondary N) is 2. The van der Waals surface area contributed by atoms with Crippen molar-refractivity contribution in [3.05, 3.63) is 28.2 Å². The lowest BCUT2D eigenvalue weighted by Gasteiger charge is -2.19. The van der Waals surface area contributed by atoms with Gasteiger partial charge in [-0.2, -0.15) is 12.7 Å². The molecule has 0 saturated carbocycles. The zero-order chi connectivity index (χ0) is 15.2. The Hall–Kier alpha value is -0.630. The van der Waals surface area contributed by atoms with Gasteiger partial charge in [-0.05, 0) is 60.1 Å². The fourth-order valence-corrected chi connectivity index (χ4v) is 3.35. The number of nitrogens with zero attached hydrogens (tertiary/aromatic N) is 1. The molecular weight excluding hydrogens is 342 g/mol. The summed E-state index contributed by atoms with van der Waals surface area (Å²) in [4.78, 5) is 0. The molecular formula is C13H22BrN3O2S. The van der Waals surface area contributed by atoms with Gasteiger partial charge in [0.25, 0.3) is 0 Å². The third-order valence-electron chi connectivity index (χ3n) is 2.85. The van der Waals surface area contributed by atoms with Crippen molar-refractivity contribution in [1.82, 2.24) is 9.62 Å². The van der Waals surface area contributed by atoms with Crippen molar-refractivity contribution in [3.63, 3.8) is 0 Å². The number of benzene rings is 1. The molecule has 0 aliphatic heterocycles. The predicted molar refractivity (Wildman–Crippen MR) is 87.2 cm³/mol. The van der Waals surface area contributed by atoms with E-state index < -0.39 is 10.2 Å². The molecule has 2 N–H and O–H groups in total. The highest BCUT2D eigenvalue weighted by atomic mass is 79.9. The Labute approximate surface area is 130 Å². The fourth-order valence-electron chi connectivity index (χ4n) is 1.64. The van der Waals surface area contributed by atoms with E-state index in [1.165, 1.54) is 4.31 Å². The first-order chi connectivity index (χ1) is 9.36. The molecule has 0 saturated heterocycles. The Bertz CT molecular complexity index is 534. The highest BCUT2D eigenvalue weighted by Gasteiger charge is 2.18. The van der Waals surface area contributed by atoms with Crippen LogP contribution in [0.15, 0.2) is 22.7 Å². The summed E-state index contributed by atoms with van der Waals surface area (Å²) in [7, 11) is -1.93. The smallest absolute Gasteiger partial charge is 0.301 e. The summed E-state index contributed by atoms with van der Waals surface area (Å²) in [6.07, 6.45) is 0.778. The van der Waals surface area contributed by atoms with Crippen LogP contribution in [0, 0.1) is 6.92 Å². The quantitative estimate of drug-likeness (QED) is 0.696. The maximum absolute atomic E-state index is 12.2. The minimum absolute atomic E-state index is 0.478. The molecule has 0 bridgehead atoms. The van der Waals surface area contributed by atoms with Crippen molar-refractivity contribution in [1.29, 1.82) is 0 Å². The summed E-state index contributed by atoms with van der Waals surface area (Å²) in [6, 6.07) is 5.50. The average molecular weight is 364 g/mol. The molecule has 114 valence electrons. The minimum atomic E-state index is -3.51. The first kappa shape index (κ1) is 17.4. The van der Waals surface area contributed by atoms with Crippen molar-refractivity contribution in [3.8, 4) is 0 Å². The number of aryl methyl sites for hydroxylation is 1. The molecule has 5 nitrogen and oxygen atoms in total. The lowest BCUT2D eigenvalue weighted by molar-refractivity contribution is 0.459. The molecule has 0 atom stereocenters. The molecule has 1 rings (SSSR count). The van der Waals surface area contributed by atoms with E-state index in [9.17, 15) is 8.42 Å². The van der Waals surface area contributed by atoms with E-state index in [1.54, 1.807) is 13.1 Å². The van der Waals surface area contributed by atoms with Crippen molar-refractivity contribution in [2.45, 2.75) is 20.3 Å². The van der Waals surface area contributed by atoms with Crippen molar-refractivity contribution in [2.24, 2.45) is 0 Å². The highest BCUT2D eigenvalue weighted by molar-refractivity contribution is 9.10. The maximum Gasteiger partial charge on any atom is 0.301 e. The summed E-state index contributed by atoms with van der Waals surface area (Å²) >= 11 is 3.37. The van der Waals surface area contributed by atoms with Gasteiger partial charge in [-0.25, -0.2) is 0 Å². The highest BCUT2D eigenvalue weighted by Crippen LogP contribution is 2.24. The monoisotopic (exact) mass is 363 g/mol. The number of hydrogen-bond acceptors (Lipinski definition) is 3. The van der Waals surface area contributed by atoms with Gasteiger partial charge in [0.05, 0.1) is 5.69 Å². The Morgan fingerprint density at radius 1 is 1.35 bits per heavy atom. The van der Waals surface area contributed by atoms with E-state index >= 15 is 0 Å². The van der Waals surface area contributed by atoms with Crippen LogP contribution in [0.4, 0.5) is 5.69 Å². The number of hydrogen-bond donors (Lipinski definition) is 2. The number of halogens is 1. The second kappa shape index (κ2) is 7.97. The van der Waals surface area contributed by atoms with E-state index in [2.05, 4.69) is 26.0 Å². The van der Waals surface area contributed by atoms with E-state index in [4.69, 9.17) is 0 Å². The maximum atomic E-state index is 12.2. The normalized spacial score (nSPS) is 11.8. The van der Waals surface area contributed by atoms with Crippen LogP contribution >= 0.6 is 15.9 Å². The summed E-state index contributed by atoms with van der Waals surface area (Å²) in [6.45, 7) is 6.16. The molecule has 1 aromatic carbocycles. The SMILES string of the molecule is CCNCCCN(C)S(=O)(=O)Nc1ccc(C)cc1Br. The van der Waals surface area contributed by atoms with Crippen LogP contribution in [0.5, 0.6) is 0 Å². The van der Waals surface area contributed by atoms with E-state index in [-0.39, 0.29) is 0 Å². The van der Waals surface area contributed by atoms with E-state index in [0.29, 0.717) is 12.2 Å². The summed E-state index contributed by atoms with van der Waals surface area (Å²) in [5.41, 5.74) is 1.62. The molecule has 0 unspecified atom stereocenters. The van der Waals surface area contributed by atoms with Gasteiger partial charge in [0.2, 0.25) is 0 Å². The average Bonchev–Trinajstić information content (AvgIpc) is 2.37. The van der Waals surface area contributed by atoms with Crippen molar-refractivity contribution >= 4 is 31.8 Å². The van der Waals surface area contributed by atoms with E-state index in [0.717, 1.165) is 29.5 Å². The van der Waals surface area contributed by atoms with Crippen LogP contribution < -0.4 is 10.0 Å². The van der Waals surface area contributed by atoms with Gasteiger partial charge in [-0.3, -0.25) is 4.72 Å². The molecule has 0 amide bonds. The van der Waals surface area contributed by atoms with Crippen LogP contribution in [-0.2, 0) is 10.2 Å². The Balaban J connectivity index is 2.64. The van der Waals surface area contributed by atoms with Gasteiger partial charge >= 0.3 is 10.2 Å². The minimum Gasteiger partial charge on any atom is -0.317 e. The van der Waals surface area contributed by atoms with Crippen LogP contribution in [0.1, 0.15) is 18.9 Å². The Morgan fingerprint density at radius 3 is 2.65 bits per heavy atom. The van der Waals surface area contributed by atoms with Crippen LogP contribution in [0.2, 0.25) is 0 Å². The van der Waals surface area contributed by atoms with Gasteiger partial charge in [0.1, 0.15) is 0 Å². The molecule has 0 aromatic heterocycles. The van der Waals surface area contributed by atoms with Crippen LogP contribution in [0.25, 0.3) is 0 Å². The Kier molecular flexibility index (Phi) is 6.94. The number of anilines is 1. The molecule has 0 fully saturated rings. The van der Waals surface area contributed by atoms with Gasteiger partial charge in [0, 0.05) is 18.1 Å². The molecule has 7 heteroatoms. The third-order valence-corrected chi connectivity index (χ3v) is 4.99. The van der Waals surface area contributed by atoms with Gasteiger partial charge in [-0.15, -0.1) is 0 Å². The van der Waals surface area contributed by atoms with Gasteiger partial charge in [0.15, 0.2) is 0 Å². The molecule has 0 heterocycles. The molecule has 0 spiro atoms. The van der Waals surface area contributed by atoms with Gasteiger partial charge in [-0.1, -0.05) is 13.0 Å².